The Kier molecular flexibility index (Phi) is 17.1. The number of aliphatic hydroxyl groups is 1. The molecule has 4 rings (SSSR count). The maximum absolute atomic E-state index is 12.3. The lowest BCUT2D eigenvalue weighted by Crippen LogP contribution is -2.38. The van der Waals surface area contributed by atoms with Crippen LogP contribution in [0.15, 0.2) is 66.7 Å². The van der Waals surface area contributed by atoms with Crippen LogP contribution in [0.25, 0.3) is 0 Å². The number of ether oxygens (including phenoxy) is 7. The van der Waals surface area contributed by atoms with Crippen LogP contribution in [-0.4, -0.2) is 119 Å². The van der Waals surface area contributed by atoms with Gasteiger partial charge in [-0.1, -0.05) is 42.5 Å². The minimum atomic E-state index is -0.975. The van der Waals surface area contributed by atoms with Gasteiger partial charge in [-0.25, -0.2) is 4.79 Å². The summed E-state index contributed by atoms with van der Waals surface area (Å²) in [7, 11) is 4.79. The standard InChI is InChI=1S/C40H58N4O9/c1-40(2,3)53-39(46)41-18-17-31-15-16-37(52-30-49-6)34(25-31)38(45)44-23-21-42(26-32-11-7-9-13-35(32)50-28-47-4)19-20-43(22-24-44)27-33-12-8-10-14-36(33)51-29-48-5/h7-16,25,38,45H,17-24,26-30H2,1-6H3,(H,41,46). The van der Waals surface area contributed by atoms with E-state index in [1.807, 2.05) is 75.4 Å². The van der Waals surface area contributed by atoms with E-state index in [1.165, 1.54) is 0 Å². The lowest BCUT2D eigenvalue weighted by Gasteiger charge is -2.31. The molecule has 1 amide bonds. The Labute approximate surface area is 314 Å². The molecule has 0 bridgehead atoms. The first-order valence-corrected chi connectivity index (χ1v) is 18.1. The number of carbonyl (C=O) groups is 1. The molecule has 13 nitrogen and oxygen atoms in total. The number of aliphatic hydroxyl groups excluding tert-OH is 1. The quantitative estimate of drug-likeness (QED) is 0.171. The highest BCUT2D eigenvalue weighted by molar-refractivity contribution is 5.67. The van der Waals surface area contributed by atoms with Crippen LogP contribution in [0.3, 0.4) is 0 Å². The highest BCUT2D eigenvalue weighted by Gasteiger charge is 2.26. The number of methoxy groups -OCH3 is 3. The third kappa shape index (κ3) is 14.1. The molecule has 1 aliphatic heterocycles. The number of carbonyl (C=O) groups excluding carboxylic acids is 1. The molecule has 1 fully saturated rings. The van der Waals surface area contributed by atoms with Crippen molar-refractivity contribution in [3.8, 4) is 17.2 Å². The predicted octanol–water partition coefficient (Wildman–Crippen LogP) is 5.01. The molecule has 1 atom stereocenters. The van der Waals surface area contributed by atoms with Crippen molar-refractivity contribution >= 4 is 6.09 Å². The van der Waals surface area contributed by atoms with E-state index in [-0.39, 0.29) is 20.4 Å². The molecule has 2 N–H and O–H groups in total. The number of benzene rings is 3. The summed E-state index contributed by atoms with van der Waals surface area (Å²) in [6.07, 6.45) is -0.901. The SMILES string of the molecule is COCOc1ccccc1CN1CCN(Cc2ccccc2OCOC)CCN(C(O)c2cc(CCNC(=O)OC(C)(C)C)ccc2OCOC)CC1. The van der Waals surface area contributed by atoms with Gasteiger partial charge in [0.15, 0.2) is 20.4 Å². The van der Waals surface area contributed by atoms with Crippen LogP contribution in [-0.2, 0) is 38.5 Å². The van der Waals surface area contributed by atoms with Gasteiger partial charge in [0.1, 0.15) is 29.1 Å². The minimum Gasteiger partial charge on any atom is -0.467 e. The Morgan fingerprint density at radius 1 is 0.717 bits per heavy atom. The van der Waals surface area contributed by atoms with E-state index in [2.05, 4.69) is 32.1 Å². The number of alkyl carbamates (subject to hydrolysis) is 1. The van der Waals surface area contributed by atoms with Gasteiger partial charge in [-0.2, -0.15) is 0 Å². The summed E-state index contributed by atoms with van der Waals surface area (Å²) in [5, 5.41) is 15.0. The average molecular weight is 739 g/mol. The Hall–Kier alpha value is -3.95. The van der Waals surface area contributed by atoms with Gasteiger partial charge in [-0.05, 0) is 57.0 Å². The molecule has 3 aromatic rings. The van der Waals surface area contributed by atoms with Gasteiger partial charge in [0.25, 0.3) is 0 Å². The molecule has 3 aromatic carbocycles. The molecule has 0 radical (unpaired) electrons. The van der Waals surface area contributed by atoms with Crippen LogP contribution in [0.2, 0.25) is 0 Å². The second-order valence-corrected chi connectivity index (χ2v) is 13.9. The first-order valence-electron chi connectivity index (χ1n) is 18.1. The van der Waals surface area contributed by atoms with Crippen molar-refractivity contribution in [3.63, 3.8) is 0 Å². The van der Waals surface area contributed by atoms with Gasteiger partial charge >= 0.3 is 6.09 Å². The van der Waals surface area contributed by atoms with Gasteiger partial charge in [0, 0.05) is 96.9 Å². The molecule has 13 heteroatoms. The molecule has 292 valence electrons. The molecular formula is C40H58N4O9. The molecular weight excluding hydrogens is 680 g/mol. The fourth-order valence-corrected chi connectivity index (χ4v) is 6.02. The van der Waals surface area contributed by atoms with Crippen LogP contribution in [0.5, 0.6) is 17.2 Å². The summed E-state index contributed by atoms with van der Waals surface area (Å²) in [5.41, 5.74) is 3.10. The van der Waals surface area contributed by atoms with Crippen molar-refractivity contribution in [3.05, 3.63) is 89.0 Å². The van der Waals surface area contributed by atoms with Crippen molar-refractivity contribution in [1.82, 2.24) is 20.0 Å². The number of rotatable bonds is 18. The van der Waals surface area contributed by atoms with Crippen LogP contribution in [0.4, 0.5) is 4.79 Å². The van der Waals surface area contributed by atoms with Gasteiger partial charge in [-0.3, -0.25) is 14.7 Å². The van der Waals surface area contributed by atoms with Crippen LogP contribution < -0.4 is 19.5 Å². The van der Waals surface area contributed by atoms with Gasteiger partial charge in [-0.15, -0.1) is 0 Å². The largest absolute Gasteiger partial charge is 0.467 e. The number of amides is 1. The third-order valence-corrected chi connectivity index (χ3v) is 8.65. The van der Waals surface area contributed by atoms with E-state index >= 15 is 0 Å². The molecule has 0 spiro atoms. The van der Waals surface area contributed by atoms with E-state index < -0.39 is 17.9 Å². The van der Waals surface area contributed by atoms with E-state index in [0.717, 1.165) is 41.3 Å². The maximum Gasteiger partial charge on any atom is 0.407 e. The normalized spacial score (nSPS) is 15.5. The number of nitrogens with one attached hydrogen (secondary N) is 1. The zero-order valence-electron chi connectivity index (χ0n) is 32.2. The molecule has 53 heavy (non-hydrogen) atoms. The highest BCUT2D eigenvalue weighted by Crippen LogP contribution is 2.30. The fraction of sp³-hybridized carbons (Fsp3) is 0.525. The summed E-state index contributed by atoms with van der Waals surface area (Å²) in [6, 6.07) is 21.8. The van der Waals surface area contributed by atoms with E-state index in [0.29, 0.717) is 63.5 Å². The van der Waals surface area contributed by atoms with Crippen LogP contribution in [0, 0.1) is 0 Å². The second kappa shape index (κ2) is 21.7. The monoisotopic (exact) mass is 738 g/mol. The minimum absolute atomic E-state index is 0.0376. The highest BCUT2D eigenvalue weighted by atomic mass is 16.7. The first-order chi connectivity index (χ1) is 25.6. The average Bonchev–Trinajstić information content (AvgIpc) is 3.23. The topological polar surface area (TPSA) is 124 Å². The van der Waals surface area contributed by atoms with Crippen molar-refractivity contribution in [2.75, 3.05) is 87.5 Å². The van der Waals surface area contributed by atoms with E-state index in [1.54, 1.807) is 21.3 Å². The van der Waals surface area contributed by atoms with Gasteiger partial charge in [0.05, 0.1) is 0 Å². The lowest BCUT2D eigenvalue weighted by atomic mass is 10.0. The Morgan fingerprint density at radius 2 is 1.21 bits per heavy atom. The third-order valence-electron chi connectivity index (χ3n) is 8.65. The lowest BCUT2D eigenvalue weighted by molar-refractivity contribution is -0.0103. The van der Waals surface area contributed by atoms with Crippen molar-refractivity contribution in [2.24, 2.45) is 0 Å². The predicted molar refractivity (Wildman–Crippen MR) is 202 cm³/mol. The first kappa shape index (κ1) is 41.8. The molecule has 1 aliphatic rings. The van der Waals surface area contributed by atoms with Gasteiger partial charge < -0.3 is 43.6 Å². The zero-order chi connectivity index (χ0) is 38.1. The maximum atomic E-state index is 12.3. The smallest absolute Gasteiger partial charge is 0.407 e. The Bertz CT molecular complexity index is 1470. The molecule has 0 aromatic heterocycles. The molecule has 0 saturated carbocycles. The molecule has 0 aliphatic carbocycles. The molecule has 1 unspecified atom stereocenters. The summed E-state index contributed by atoms with van der Waals surface area (Å²) < 4.78 is 38.7. The summed E-state index contributed by atoms with van der Waals surface area (Å²) in [4.78, 5) is 19.1. The number of nitrogens with zero attached hydrogens (tertiary/aromatic N) is 3. The zero-order valence-corrected chi connectivity index (χ0v) is 32.2. The van der Waals surface area contributed by atoms with Crippen molar-refractivity contribution in [1.29, 1.82) is 0 Å². The molecule has 1 saturated heterocycles. The van der Waals surface area contributed by atoms with Crippen molar-refractivity contribution in [2.45, 2.75) is 52.1 Å². The Morgan fingerprint density at radius 3 is 1.72 bits per heavy atom. The second-order valence-electron chi connectivity index (χ2n) is 13.9. The Balaban J connectivity index is 1.59. The number of para-hydroxylation sites is 2. The number of hydrogen-bond acceptors (Lipinski definition) is 12. The number of hydrogen-bond donors (Lipinski definition) is 2. The van der Waals surface area contributed by atoms with Crippen LogP contribution >= 0.6 is 0 Å². The van der Waals surface area contributed by atoms with Crippen molar-refractivity contribution < 1.29 is 43.1 Å². The summed E-state index contributed by atoms with van der Waals surface area (Å²) in [5.74, 6) is 2.10. The molecule has 1 heterocycles. The summed E-state index contributed by atoms with van der Waals surface area (Å²) in [6.45, 7) is 11.7. The fourth-order valence-electron chi connectivity index (χ4n) is 6.02. The van der Waals surface area contributed by atoms with E-state index in [4.69, 9.17) is 33.2 Å². The summed E-state index contributed by atoms with van der Waals surface area (Å²) >= 11 is 0. The van der Waals surface area contributed by atoms with Gasteiger partial charge in [0.2, 0.25) is 0 Å². The van der Waals surface area contributed by atoms with Crippen LogP contribution in [0.1, 0.15) is 49.3 Å². The van der Waals surface area contributed by atoms with E-state index in [9.17, 15) is 9.90 Å².